The molecule has 4 fully saturated rings. The standard InChI is InChI=1S/C27H37NO5/c1-3-10-32-23-6-4-22(5-7-23)24(29)8-9-26(31)33-17-25(30)28-18(2)27-14-19-11-20(15-27)13-21(12-19)16-27/h4-7,18-21H,3,8-17H2,1-2H3,(H,28,30)/t18-,19?,20?,21?,27?/m0/s1. The molecule has 6 nitrogen and oxygen atoms in total. The Morgan fingerprint density at radius 3 is 2.18 bits per heavy atom. The molecule has 0 aromatic heterocycles. The van der Waals surface area contributed by atoms with Gasteiger partial charge in [0.05, 0.1) is 13.0 Å². The summed E-state index contributed by atoms with van der Waals surface area (Å²) in [6.45, 7) is 4.50. The zero-order valence-corrected chi connectivity index (χ0v) is 19.9. The van der Waals surface area contributed by atoms with Crippen LogP contribution in [-0.4, -0.2) is 36.9 Å². The van der Waals surface area contributed by atoms with Crippen LogP contribution < -0.4 is 10.1 Å². The van der Waals surface area contributed by atoms with Crippen LogP contribution in [0.2, 0.25) is 0 Å². The van der Waals surface area contributed by atoms with Crippen molar-refractivity contribution in [1.29, 1.82) is 0 Å². The summed E-state index contributed by atoms with van der Waals surface area (Å²) < 4.78 is 10.7. The van der Waals surface area contributed by atoms with Gasteiger partial charge in [0, 0.05) is 18.0 Å². The number of carbonyl (C=O) groups excluding carboxylic acids is 3. The monoisotopic (exact) mass is 455 g/mol. The Balaban J connectivity index is 1.17. The number of amides is 1. The molecule has 4 saturated carbocycles. The molecule has 0 aliphatic heterocycles. The SMILES string of the molecule is CCCOc1ccc(C(=O)CCC(=O)OCC(=O)N[C@@H](C)C23CC4CC(CC(C4)C2)C3)cc1. The van der Waals surface area contributed by atoms with Crippen LogP contribution in [-0.2, 0) is 14.3 Å². The first-order chi connectivity index (χ1) is 15.9. The summed E-state index contributed by atoms with van der Waals surface area (Å²) in [7, 11) is 0. The van der Waals surface area contributed by atoms with E-state index in [0.717, 1.165) is 29.9 Å². The highest BCUT2D eigenvalue weighted by Gasteiger charge is 2.53. The van der Waals surface area contributed by atoms with Crippen LogP contribution in [0.3, 0.4) is 0 Å². The van der Waals surface area contributed by atoms with E-state index in [1.807, 2.05) is 6.92 Å². The molecule has 5 rings (SSSR count). The van der Waals surface area contributed by atoms with Crippen LogP contribution in [0.25, 0.3) is 0 Å². The Labute approximate surface area is 196 Å². The maximum atomic E-state index is 12.5. The van der Waals surface area contributed by atoms with Crippen molar-refractivity contribution < 1.29 is 23.9 Å². The van der Waals surface area contributed by atoms with E-state index < -0.39 is 5.97 Å². The van der Waals surface area contributed by atoms with Gasteiger partial charge in [0.15, 0.2) is 12.4 Å². The molecule has 0 spiro atoms. The predicted octanol–water partition coefficient (Wildman–Crippen LogP) is 4.70. The van der Waals surface area contributed by atoms with E-state index in [9.17, 15) is 14.4 Å². The lowest BCUT2D eigenvalue weighted by Gasteiger charge is -2.59. The molecule has 0 heterocycles. The quantitative estimate of drug-likeness (QED) is 0.386. The van der Waals surface area contributed by atoms with E-state index in [1.54, 1.807) is 24.3 Å². The first-order valence-corrected chi connectivity index (χ1v) is 12.6. The second-order valence-electron chi connectivity index (χ2n) is 10.5. The minimum Gasteiger partial charge on any atom is -0.494 e. The minimum atomic E-state index is -0.524. The number of nitrogens with one attached hydrogen (secondary N) is 1. The fourth-order valence-electron chi connectivity index (χ4n) is 6.68. The fourth-order valence-corrected chi connectivity index (χ4v) is 6.68. The van der Waals surface area contributed by atoms with Crippen LogP contribution in [0.5, 0.6) is 5.75 Å². The number of rotatable bonds is 11. The maximum Gasteiger partial charge on any atom is 0.306 e. The smallest absolute Gasteiger partial charge is 0.306 e. The van der Waals surface area contributed by atoms with Gasteiger partial charge in [-0.15, -0.1) is 0 Å². The van der Waals surface area contributed by atoms with Crippen LogP contribution in [0.15, 0.2) is 24.3 Å². The number of benzene rings is 1. The summed E-state index contributed by atoms with van der Waals surface area (Å²) in [5.41, 5.74) is 0.756. The Morgan fingerprint density at radius 2 is 1.61 bits per heavy atom. The van der Waals surface area contributed by atoms with Gasteiger partial charge in [0.1, 0.15) is 5.75 Å². The van der Waals surface area contributed by atoms with E-state index >= 15 is 0 Å². The van der Waals surface area contributed by atoms with Crippen LogP contribution in [0.4, 0.5) is 0 Å². The van der Waals surface area contributed by atoms with Gasteiger partial charge < -0.3 is 14.8 Å². The molecule has 1 atom stereocenters. The van der Waals surface area contributed by atoms with Crippen molar-refractivity contribution in [2.24, 2.45) is 23.2 Å². The number of hydrogen-bond acceptors (Lipinski definition) is 5. The molecule has 4 aliphatic carbocycles. The molecule has 4 bridgehead atoms. The number of hydrogen-bond donors (Lipinski definition) is 1. The second-order valence-corrected chi connectivity index (χ2v) is 10.5. The normalized spacial score (nSPS) is 28.2. The fraction of sp³-hybridized carbons (Fsp3) is 0.667. The molecule has 1 aromatic carbocycles. The highest BCUT2D eigenvalue weighted by molar-refractivity contribution is 5.97. The third-order valence-electron chi connectivity index (χ3n) is 7.95. The predicted molar refractivity (Wildman–Crippen MR) is 125 cm³/mol. The van der Waals surface area contributed by atoms with Gasteiger partial charge in [-0.25, -0.2) is 0 Å². The van der Waals surface area contributed by atoms with Crippen LogP contribution in [0.1, 0.15) is 82.0 Å². The number of Topliss-reactive ketones (excluding diaryl/α,β-unsaturated/α-hetero) is 1. The van der Waals surface area contributed by atoms with E-state index in [-0.39, 0.29) is 42.6 Å². The molecule has 0 unspecified atom stereocenters. The molecule has 1 N–H and O–H groups in total. The van der Waals surface area contributed by atoms with Gasteiger partial charge in [0.2, 0.25) is 0 Å². The molecule has 4 aliphatic rings. The van der Waals surface area contributed by atoms with E-state index in [2.05, 4.69) is 12.2 Å². The largest absolute Gasteiger partial charge is 0.494 e. The van der Waals surface area contributed by atoms with Gasteiger partial charge in [-0.2, -0.15) is 0 Å². The molecule has 6 heteroatoms. The Bertz CT molecular complexity index is 826. The molecule has 0 saturated heterocycles. The van der Waals surface area contributed by atoms with Gasteiger partial charge >= 0.3 is 5.97 Å². The zero-order chi connectivity index (χ0) is 23.4. The first kappa shape index (κ1) is 23.8. The first-order valence-electron chi connectivity index (χ1n) is 12.6. The van der Waals surface area contributed by atoms with Crippen molar-refractivity contribution in [2.45, 2.75) is 77.7 Å². The Hall–Kier alpha value is -2.37. The van der Waals surface area contributed by atoms with Crippen molar-refractivity contribution in [2.75, 3.05) is 13.2 Å². The van der Waals surface area contributed by atoms with E-state index in [4.69, 9.17) is 9.47 Å². The van der Waals surface area contributed by atoms with Gasteiger partial charge in [-0.1, -0.05) is 6.92 Å². The van der Waals surface area contributed by atoms with Gasteiger partial charge in [0.25, 0.3) is 5.91 Å². The van der Waals surface area contributed by atoms with Gasteiger partial charge in [-0.3, -0.25) is 14.4 Å². The van der Waals surface area contributed by atoms with Crippen molar-refractivity contribution in [3.05, 3.63) is 29.8 Å². The van der Waals surface area contributed by atoms with Crippen LogP contribution >= 0.6 is 0 Å². The van der Waals surface area contributed by atoms with Crippen molar-refractivity contribution in [3.8, 4) is 5.75 Å². The molecule has 180 valence electrons. The van der Waals surface area contributed by atoms with Crippen LogP contribution in [0, 0.1) is 23.2 Å². The van der Waals surface area contributed by atoms with Crippen molar-refractivity contribution in [3.63, 3.8) is 0 Å². The number of ketones is 1. The third kappa shape index (κ3) is 5.77. The summed E-state index contributed by atoms with van der Waals surface area (Å²) in [6, 6.07) is 7.03. The summed E-state index contributed by atoms with van der Waals surface area (Å²) >= 11 is 0. The summed E-state index contributed by atoms with van der Waals surface area (Å²) in [5, 5.41) is 3.11. The molecule has 1 amide bonds. The van der Waals surface area contributed by atoms with Crippen molar-refractivity contribution >= 4 is 17.7 Å². The number of esters is 1. The molecule has 33 heavy (non-hydrogen) atoms. The molecular weight excluding hydrogens is 418 g/mol. The van der Waals surface area contributed by atoms with E-state index in [0.29, 0.717) is 12.2 Å². The highest BCUT2D eigenvalue weighted by atomic mass is 16.5. The van der Waals surface area contributed by atoms with Crippen molar-refractivity contribution in [1.82, 2.24) is 5.32 Å². The number of carbonyl (C=O) groups is 3. The lowest BCUT2D eigenvalue weighted by molar-refractivity contribution is -0.149. The third-order valence-corrected chi connectivity index (χ3v) is 7.95. The summed E-state index contributed by atoms with van der Waals surface area (Å²) in [6.07, 6.45) is 8.69. The average Bonchev–Trinajstić information content (AvgIpc) is 2.79. The Morgan fingerprint density at radius 1 is 1.00 bits per heavy atom. The molecular formula is C27H37NO5. The topological polar surface area (TPSA) is 81.7 Å². The minimum absolute atomic E-state index is 0.0370. The second kappa shape index (κ2) is 10.3. The molecule has 1 aromatic rings. The lowest BCUT2D eigenvalue weighted by atomic mass is 9.48. The van der Waals surface area contributed by atoms with E-state index in [1.165, 1.54) is 38.5 Å². The Kier molecular flexibility index (Phi) is 7.40. The highest BCUT2D eigenvalue weighted by Crippen LogP contribution is 2.61. The lowest BCUT2D eigenvalue weighted by Crippen LogP contribution is -2.56. The average molecular weight is 456 g/mol. The zero-order valence-electron chi connectivity index (χ0n) is 19.9. The maximum absolute atomic E-state index is 12.5. The van der Waals surface area contributed by atoms with Gasteiger partial charge in [-0.05, 0) is 99.3 Å². The summed E-state index contributed by atoms with van der Waals surface area (Å²) in [4.78, 5) is 36.9. The molecule has 0 radical (unpaired) electrons. The summed E-state index contributed by atoms with van der Waals surface area (Å²) in [5.74, 6) is 2.29. The number of ether oxygens (including phenoxy) is 2.